The first kappa shape index (κ1) is 19.3. The fraction of sp³-hybridized carbons (Fsp3) is 0.450. The largest absolute Gasteiger partial charge is 0.337 e. The molecular formula is C20H22Cl2N4O2. The highest BCUT2D eigenvalue weighted by molar-refractivity contribution is 6.42. The number of fused-ring (bicyclic) bond motifs is 1. The summed E-state index contributed by atoms with van der Waals surface area (Å²) in [5.74, 6) is -0.196. The monoisotopic (exact) mass is 420 g/mol. The summed E-state index contributed by atoms with van der Waals surface area (Å²) in [6.45, 7) is 3.21. The number of nitrogens with zero attached hydrogens (tertiary/aromatic N) is 4. The van der Waals surface area contributed by atoms with E-state index in [2.05, 4.69) is 5.10 Å². The molecule has 2 amide bonds. The second-order valence-corrected chi connectivity index (χ2v) is 8.13. The molecule has 0 spiro atoms. The van der Waals surface area contributed by atoms with Crippen LogP contribution in [0.25, 0.3) is 0 Å². The number of carbonyl (C=O) groups is 2. The van der Waals surface area contributed by atoms with Crippen molar-refractivity contribution in [3.05, 3.63) is 51.3 Å². The molecule has 6 nitrogen and oxygen atoms in total. The zero-order chi connectivity index (χ0) is 19.7. The van der Waals surface area contributed by atoms with Gasteiger partial charge in [-0.05, 0) is 43.4 Å². The molecule has 28 heavy (non-hydrogen) atoms. The number of halogens is 2. The van der Waals surface area contributed by atoms with Crippen LogP contribution in [0.3, 0.4) is 0 Å². The molecule has 3 heterocycles. The zero-order valence-corrected chi connectivity index (χ0v) is 17.0. The lowest BCUT2D eigenvalue weighted by Crippen LogP contribution is -2.36. The summed E-state index contributed by atoms with van der Waals surface area (Å²) in [4.78, 5) is 29.4. The van der Waals surface area contributed by atoms with E-state index in [1.54, 1.807) is 27.8 Å². The third kappa shape index (κ3) is 3.89. The molecule has 2 aromatic rings. The number of amides is 2. The van der Waals surface area contributed by atoms with E-state index in [0.29, 0.717) is 41.1 Å². The van der Waals surface area contributed by atoms with E-state index >= 15 is 0 Å². The van der Waals surface area contributed by atoms with Crippen molar-refractivity contribution in [3.63, 3.8) is 0 Å². The summed E-state index contributed by atoms with van der Waals surface area (Å²) >= 11 is 12.1. The molecule has 1 saturated heterocycles. The third-order valence-electron chi connectivity index (χ3n) is 5.30. The van der Waals surface area contributed by atoms with Crippen LogP contribution in [-0.4, -0.2) is 51.0 Å². The average Bonchev–Trinajstić information content (AvgIpc) is 3.08. The fourth-order valence-corrected chi connectivity index (χ4v) is 4.13. The van der Waals surface area contributed by atoms with Crippen molar-refractivity contribution in [1.82, 2.24) is 19.6 Å². The zero-order valence-electron chi connectivity index (χ0n) is 15.5. The Labute approximate surface area is 174 Å². The Balaban J connectivity index is 1.54. The van der Waals surface area contributed by atoms with Crippen molar-refractivity contribution >= 4 is 35.0 Å². The SMILES string of the molecule is O=C(c1cc2n(n1)CCCN(Cc1ccc(Cl)c(Cl)c1)C2=O)N1CCCCC1. The molecule has 1 aromatic heterocycles. The van der Waals surface area contributed by atoms with Gasteiger partial charge in [0, 0.05) is 38.8 Å². The molecule has 1 aromatic carbocycles. The summed E-state index contributed by atoms with van der Waals surface area (Å²) in [7, 11) is 0. The normalized spacial score (nSPS) is 17.4. The Morgan fingerprint density at radius 1 is 0.964 bits per heavy atom. The fourth-order valence-electron chi connectivity index (χ4n) is 3.81. The van der Waals surface area contributed by atoms with Gasteiger partial charge in [0.05, 0.1) is 10.0 Å². The van der Waals surface area contributed by atoms with Crippen LogP contribution in [0.1, 0.15) is 52.2 Å². The molecular weight excluding hydrogens is 399 g/mol. The van der Waals surface area contributed by atoms with Crippen molar-refractivity contribution in [2.75, 3.05) is 19.6 Å². The van der Waals surface area contributed by atoms with Crippen LogP contribution in [0.4, 0.5) is 0 Å². The number of carbonyl (C=O) groups excluding carboxylic acids is 2. The number of benzene rings is 1. The van der Waals surface area contributed by atoms with Crippen LogP contribution >= 0.6 is 23.2 Å². The number of piperidine rings is 1. The molecule has 2 aliphatic rings. The van der Waals surface area contributed by atoms with Gasteiger partial charge >= 0.3 is 0 Å². The maximum Gasteiger partial charge on any atom is 0.274 e. The quantitative estimate of drug-likeness (QED) is 0.756. The Morgan fingerprint density at radius 3 is 2.50 bits per heavy atom. The third-order valence-corrected chi connectivity index (χ3v) is 6.04. The summed E-state index contributed by atoms with van der Waals surface area (Å²) in [6.07, 6.45) is 3.98. The standard InChI is InChI=1S/C20H22Cl2N4O2/c21-15-6-5-14(11-16(15)22)13-25-9-4-10-26-18(20(25)28)12-17(23-26)19(27)24-7-2-1-3-8-24/h5-6,11-12H,1-4,7-10,13H2. The second-order valence-electron chi connectivity index (χ2n) is 7.32. The molecule has 0 radical (unpaired) electrons. The van der Waals surface area contributed by atoms with E-state index in [4.69, 9.17) is 23.2 Å². The molecule has 0 saturated carbocycles. The van der Waals surface area contributed by atoms with Crippen LogP contribution in [0.5, 0.6) is 0 Å². The van der Waals surface area contributed by atoms with Crippen LogP contribution in [0.2, 0.25) is 10.0 Å². The van der Waals surface area contributed by atoms with Gasteiger partial charge < -0.3 is 9.80 Å². The van der Waals surface area contributed by atoms with Crippen LogP contribution in [0.15, 0.2) is 24.3 Å². The highest BCUT2D eigenvalue weighted by atomic mass is 35.5. The lowest BCUT2D eigenvalue weighted by atomic mass is 10.1. The van der Waals surface area contributed by atoms with Crippen molar-refractivity contribution < 1.29 is 9.59 Å². The Kier molecular flexibility index (Phi) is 5.60. The predicted octanol–water partition coefficient (Wildman–Crippen LogP) is 3.86. The van der Waals surface area contributed by atoms with Gasteiger partial charge in [-0.3, -0.25) is 14.3 Å². The van der Waals surface area contributed by atoms with Crippen LogP contribution < -0.4 is 0 Å². The number of likely N-dealkylation sites (tertiary alicyclic amines) is 1. The minimum atomic E-state index is -0.117. The Bertz CT molecular complexity index is 906. The number of hydrogen-bond acceptors (Lipinski definition) is 3. The molecule has 2 aliphatic heterocycles. The van der Waals surface area contributed by atoms with Crippen LogP contribution in [0, 0.1) is 0 Å². The summed E-state index contributed by atoms with van der Waals surface area (Å²) in [5, 5.41) is 5.41. The number of aryl methyl sites for hydroxylation is 1. The molecule has 1 fully saturated rings. The van der Waals surface area contributed by atoms with Gasteiger partial charge in [0.25, 0.3) is 11.8 Å². The topological polar surface area (TPSA) is 58.4 Å². The van der Waals surface area contributed by atoms with Gasteiger partial charge in [0.1, 0.15) is 5.69 Å². The van der Waals surface area contributed by atoms with E-state index in [0.717, 1.165) is 44.3 Å². The van der Waals surface area contributed by atoms with E-state index < -0.39 is 0 Å². The lowest BCUT2D eigenvalue weighted by Gasteiger charge is -2.25. The maximum absolute atomic E-state index is 13.1. The number of rotatable bonds is 3. The average molecular weight is 421 g/mol. The van der Waals surface area contributed by atoms with Crippen molar-refractivity contribution in [2.24, 2.45) is 0 Å². The lowest BCUT2D eigenvalue weighted by molar-refractivity contribution is 0.0717. The maximum atomic E-state index is 13.1. The van der Waals surface area contributed by atoms with Gasteiger partial charge in [-0.1, -0.05) is 29.3 Å². The number of hydrogen-bond donors (Lipinski definition) is 0. The van der Waals surface area contributed by atoms with E-state index in [1.165, 1.54) is 0 Å². The van der Waals surface area contributed by atoms with Gasteiger partial charge in [-0.15, -0.1) is 0 Å². The van der Waals surface area contributed by atoms with Crippen molar-refractivity contribution in [1.29, 1.82) is 0 Å². The molecule has 0 aliphatic carbocycles. The van der Waals surface area contributed by atoms with Crippen molar-refractivity contribution in [3.8, 4) is 0 Å². The summed E-state index contributed by atoms with van der Waals surface area (Å²) in [6, 6.07) is 7.03. The van der Waals surface area contributed by atoms with E-state index in [1.807, 2.05) is 11.0 Å². The van der Waals surface area contributed by atoms with Gasteiger partial charge in [-0.2, -0.15) is 5.10 Å². The molecule has 0 N–H and O–H groups in total. The van der Waals surface area contributed by atoms with Gasteiger partial charge in [-0.25, -0.2) is 0 Å². The Morgan fingerprint density at radius 2 is 1.75 bits per heavy atom. The highest BCUT2D eigenvalue weighted by Gasteiger charge is 2.28. The van der Waals surface area contributed by atoms with Gasteiger partial charge in [0.15, 0.2) is 5.69 Å². The van der Waals surface area contributed by atoms with Gasteiger partial charge in [0.2, 0.25) is 0 Å². The molecule has 148 valence electrons. The Hall–Kier alpha value is -2.05. The first-order valence-electron chi connectivity index (χ1n) is 9.63. The highest BCUT2D eigenvalue weighted by Crippen LogP contribution is 2.24. The molecule has 0 bridgehead atoms. The summed E-state index contributed by atoms with van der Waals surface area (Å²) in [5.41, 5.74) is 1.75. The van der Waals surface area contributed by atoms with Crippen molar-refractivity contribution in [2.45, 2.75) is 38.8 Å². The minimum absolute atomic E-state index is 0.0795. The molecule has 8 heteroatoms. The minimum Gasteiger partial charge on any atom is -0.337 e. The first-order chi connectivity index (χ1) is 13.5. The number of aromatic nitrogens is 2. The second kappa shape index (κ2) is 8.13. The first-order valence-corrected chi connectivity index (χ1v) is 10.4. The van der Waals surface area contributed by atoms with E-state index in [9.17, 15) is 9.59 Å². The molecule has 0 unspecified atom stereocenters. The molecule has 4 rings (SSSR count). The van der Waals surface area contributed by atoms with E-state index in [-0.39, 0.29) is 11.8 Å². The molecule has 0 atom stereocenters. The van der Waals surface area contributed by atoms with Crippen LogP contribution in [-0.2, 0) is 13.1 Å². The summed E-state index contributed by atoms with van der Waals surface area (Å²) < 4.78 is 1.67. The smallest absolute Gasteiger partial charge is 0.274 e. The predicted molar refractivity (Wildman–Crippen MR) is 108 cm³/mol.